The highest BCUT2D eigenvalue weighted by atomic mass is 35.5. The maximum absolute atomic E-state index is 12.3. The van der Waals surface area contributed by atoms with E-state index in [2.05, 4.69) is 21.8 Å². The zero-order valence-electron chi connectivity index (χ0n) is 13.8. The van der Waals surface area contributed by atoms with Crippen LogP contribution in [0.25, 0.3) is 0 Å². The summed E-state index contributed by atoms with van der Waals surface area (Å²) in [4.78, 5) is 2.39. The van der Waals surface area contributed by atoms with Crippen LogP contribution in [0.15, 0.2) is 59.5 Å². The Balaban J connectivity index is 1.53. The second-order valence-corrected chi connectivity index (χ2v) is 8.13. The molecule has 2 aromatic carbocycles. The van der Waals surface area contributed by atoms with Gasteiger partial charge in [0.05, 0.1) is 17.6 Å². The molecule has 1 N–H and O–H groups in total. The lowest BCUT2D eigenvalue weighted by Crippen LogP contribution is -2.42. The first kappa shape index (κ1) is 18.4. The van der Waals surface area contributed by atoms with Crippen molar-refractivity contribution in [2.45, 2.75) is 11.0 Å². The van der Waals surface area contributed by atoms with Gasteiger partial charge >= 0.3 is 0 Å². The van der Waals surface area contributed by atoms with E-state index in [1.54, 1.807) is 12.1 Å². The van der Waals surface area contributed by atoms with E-state index in [-0.39, 0.29) is 11.0 Å². The van der Waals surface area contributed by atoms with Gasteiger partial charge in [0.1, 0.15) is 0 Å². The van der Waals surface area contributed by atoms with Crippen LogP contribution in [-0.4, -0.2) is 46.1 Å². The molecule has 134 valence electrons. The van der Waals surface area contributed by atoms with Crippen LogP contribution in [-0.2, 0) is 14.8 Å². The molecule has 1 fully saturated rings. The minimum Gasteiger partial charge on any atom is -0.371 e. The Morgan fingerprint density at radius 1 is 1.16 bits per heavy atom. The molecule has 1 saturated heterocycles. The van der Waals surface area contributed by atoms with Gasteiger partial charge in [0.15, 0.2) is 0 Å². The van der Waals surface area contributed by atoms with E-state index in [9.17, 15) is 8.42 Å². The van der Waals surface area contributed by atoms with Crippen molar-refractivity contribution in [3.05, 3.63) is 65.2 Å². The third-order valence-corrected chi connectivity index (χ3v) is 5.84. The number of halogens is 1. The molecular formula is C18H21ClN2O3S. The van der Waals surface area contributed by atoms with Gasteiger partial charge in [-0.15, -0.1) is 0 Å². The van der Waals surface area contributed by atoms with Crippen molar-refractivity contribution in [2.24, 2.45) is 0 Å². The summed E-state index contributed by atoms with van der Waals surface area (Å²) in [5.74, 6) is 0. The lowest BCUT2D eigenvalue weighted by atomic mass is 10.1. The van der Waals surface area contributed by atoms with Gasteiger partial charge in [-0.3, -0.25) is 4.90 Å². The topological polar surface area (TPSA) is 58.6 Å². The highest BCUT2D eigenvalue weighted by Crippen LogP contribution is 2.21. The Hall–Kier alpha value is -1.44. The molecular weight excluding hydrogens is 360 g/mol. The zero-order chi connectivity index (χ0) is 17.7. The number of nitrogens with one attached hydrogen (secondary N) is 1. The monoisotopic (exact) mass is 380 g/mol. The number of nitrogens with zero attached hydrogens (tertiary/aromatic N) is 1. The minimum absolute atomic E-state index is 0.0273. The van der Waals surface area contributed by atoms with Crippen LogP contribution in [0, 0.1) is 0 Å². The number of sulfonamides is 1. The van der Waals surface area contributed by atoms with Crippen LogP contribution in [0.1, 0.15) is 11.7 Å². The first-order valence-electron chi connectivity index (χ1n) is 8.19. The molecule has 2 aromatic rings. The Labute approximate surface area is 153 Å². The highest BCUT2D eigenvalue weighted by molar-refractivity contribution is 7.89. The van der Waals surface area contributed by atoms with E-state index >= 15 is 0 Å². The minimum atomic E-state index is -3.54. The quantitative estimate of drug-likeness (QED) is 0.837. The Kier molecular flexibility index (Phi) is 6.09. The molecule has 3 rings (SSSR count). The van der Waals surface area contributed by atoms with Crippen LogP contribution < -0.4 is 4.72 Å². The van der Waals surface area contributed by atoms with Crippen LogP contribution in [0.5, 0.6) is 0 Å². The third kappa shape index (κ3) is 5.03. The largest absolute Gasteiger partial charge is 0.371 e. The summed E-state index contributed by atoms with van der Waals surface area (Å²) < 4.78 is 33.1. The summed E-state index contributed by atoms with van der Waals surface area (Å²) in [7, 11) is -3.54. The fourth-order valence-electron chi connectivity index (χ4n) is 2.83. The molecule has 0 radical (unpaired) electrons. The highest BCUT2D eigenvalue weighted by Gasteiger charge is 2.22. The van der Waals surface area contributed by atoms with Gasteiger partial charge in [-0.25, -0.2) is 13.1 Å². The van der Waals surface area contributed by atoms with E-state index in [4.69, 9.17) is 16.3 Å². The molecule has 5 nitrogen and oxygen atoms in total. The number of ether oxygens (including phenoxy) is 1. The second kappa shape index (κ2) is 8.29. The van der Waals surface area contributed by atoms with Gasteiger partial charge in [0.25, 0.3) is 0 Å². The van der Waals surface area contributed by atoms with Crippen molar-refractivity contribution in [1.82, 2.24) is 9.62 Å². The summed E-state index contributed by atoms with van der Waals surface area (Å²) in [6.45, 7) is 3.16. The van der Waals surface area contributed by atoms with E-state index < -0.39 is 10.0 Å². The molecule has 1 atom stereocenters. The van der Waals surface area contributed by atoms with Gasteiger partial charge in [-0.1, -0.05) is 48.0 Å². The molecule has 7 heteroatoms. The lowest BCUT2D eigenvalue weighted by molar-refractivity contribution is -0.0291. The summed E-state index contributed by atoms with van der Waals surface area (Å²) in [5.41, 5.74) is 1.15. The molecule has 25 heavy (non-hydrogen) atoms. The number of morpholine rings is 1. The van der Waals surface area contributed by atoms with Crippen LogP contribution in [0.3, 0.4) is 0 Å². The third-order valence-electron chi connectivity index (χ3n) is 4.15. The Bertz CT molecular complexity index is 799. The fourth-order valence-corrected chi connectivity index (χ4v) is 4.15. The molecule has 0 aromatic heterocycles. The fraction of sp³-hybridized carbons (Fsp3) is 0.333. The van der Waals surface area contributed by atoms with Crippen molar-refractivity contribution >= 4 is 21.6 Å². The smallest absolute Gasteiger partial charge is 0.240 e. The van der Waals surface area contributed by atoms with Gasteiger partial charge < -0.3 is 4.74 Å². The van der Waals surface area contributed by atoms with Gasteiger partial charge in [0, 0.05) is 31.2 Å². The van der Waals surface area contributed by atoms with Crippen molar-refractivity contribution in [1.29, 1.82) is 0 Å². The Morgan fingerprint density at radius 2 is 1.96 bits per heavy atom. The molecule has 0 unspecified atom stereocenters. The van der Waals surface area contributed by atoms with Crippen molar-refractivity contribution in [3.63, 3.8) is 0 Å². The number of rotatable bonds is 6. The van der Waals surface area contributed by atoms with Gasteiger partial charge in [0.2, 0.25) is 10.0 Å². The SMILES string of the molecule is O=S(=O)(NCCN1CCO[C@H](c2ccccc2)C1)c1cccc(Cl)c1. The number of hydrogen-bond acceptors (Lipinski definition) is 4. The van der Waals surface area contributed by atoms with Crippen LogP contribution >= 0.6 is 11.6 Å². The maximum atomic E-state index is 12.3. The molecule has 1 aliphatic heterocycles. The van der Waals surface area contributed by atoms with E-state index in [1.807, 2.05) is 18.2 Å². The number of hydrogen-bond donors (Lipinski definition) is 1. The predicted molar refractivity (Wildman–Crippen MR) is 98.2 cm³/mol. The van der Waals surface area contributed by atoms with Crippen LogP contribution in [0.4, 0.5) is 0 Å². The molecule has 0 saturated carbocycles. The standard InChI is InChI=1S/C18H21ClN2O3S/c19-16-7-4-8-17(13-16)25(22,23)20-9-10-21-11-12-24-18(14-21)15-5-2-1-3-6-15/h1-8,13,18,20H,9-12,14H2/t18-/m0/s1. The molecule has 0 spiro atoms. The predicted octanol–water partition coefficient (Wildman–Crippen LogP) is 2.69. The number of benzene rings is 2. The van der Waals surface area contributed by atoms with Gasteiger partial charge in [-0.05, 0) is 23.8 Å². The molecule has 0 amide bonds. The zero-order valence-corrected chi connectivity index (χ0v) is 15.3. The first-order chi connectivity index (χ1) is 12.0. The molecule has 0 aliphatic carbocycles. The average molecular weight is 381 g/mol. The van der Waals surface area contributed by atoms with E-state index in [1.165, 1.54) is 12.1 Å². The maximum Gasteiger partial charge on any atom is 0.240 e. The van der Waals surface area contributed by atoms with Gasteiger partial charge in [-0.2, -0.15) is 0 Å². The lowest BCUT2D eigenvalue weighted by Gasteiger charge is -2.33. The summed E-state index contributed by atoms with van der Waals surface area (Å²) in [5, 5.41) is 0.404. The van der Waals surface area contributed by atoms with Crippen LogP contribution in [0.2, 0.25) is 5.02 Å². The average Bonchev–Trinajstić information content (AvgIpc) is 2.63. The van der Waals surface area contributed by atoms with Crippen molar-refractivity contribution in [3.8, 4) is 0 Å². The van der Waals surface area contributed by atoms with Crippen molar-refractivity contribution < 1.29 is 13.2 Å². The summed E-state index contributed by atoms with van der Waals surface area (Å²) >= 11 is 5.87. The normalized spacial score (nSPS) is 19.0. The molecule has 1 heterocycles. The summed E-state index contributed by atoms with van der Waals surface area (Å²) in [6.07, 6.45) is 0.0273. The van der Waals surface area contributed by atoms with E-state index in [0.717, 1.165) is 18.7 Å². The molecule has 1 aliphatic rings. The van der Waals surface area contributed by atoms with Crippen molar-refractivity contribution in [2.75, 3.05) is 32.8 Å². The first-order valence-corrected chi connectivity index (χ1v) is 10.0. The van der Waals surface area contributed by atoms with E-state index in [0.29, 0.717) is 24.7 Å². The Morgan fingerprint density at radius 3 is 2.72 bits per heavy atom. The second-order valence-electron chi connectivity index (χ2n) is 5.93. The molecule has 0 bridgehead atoms. The summed E-state index contributed by atoms with van der Waals surface area (Å²) in [6, 6.07) is 16.3.